The predicted molar refractivity (Wildman–Crippen MR) is 160 cm³/mol. The third kappa shape index (κ3) is 5.03. The predicted octanol–water partition coefficient (Wildman–Crippen LogP) is 7.16. The lowest BCUT2D eigenvalue weighted by Crippen LogP contribution is -2.29. The van der Waals surface area contributed by atoms with Gasteiger partial charge in [-0.2, -0.15) is 0 Å². The summed E-state index contributed by atoms with van der Waals surface area (Å²) < 4.78 is 12.4. The van der Waals surface area contributed by atoms with Gasteiger partial charge < -0.3 is 14.6 Å². The Morgan fingerprint density at radius 1 is 0.951 bits per heavy atom. The Labute approximate surface area is 244 Å². The highest BCUT2D eigenvalue weighted by atomic mass is 35.5. The van der Waals surface area contributed by atoms with Crippen LogP contribution in [0.25, 0.3) is 16.0 Å². The molecule has 6 rings (SSSR count). The van der Waals surface area contributed by atoms with Crippen LogP contribution in [-0.2, 0) is 16.2 Å². The number of hydrogen-bond donors (Lipinski definition) is 1. The van der Waals surface area contributed by atoms with E-state index in [1.54, 1.807) is 66.7 Å². The Bertz CT molecular complexity index is 1800. The summed E-state index contributed by atoms with van der Waals surface area (Å²) in [4.78, 5) is 33.1. The second kappa shape index (κ2) is 11.1. The first kappa shape index (κ1) is 26.6. The van der Waals surface area contributed by atoms with E-state index in [0.717, 1.165) is 10.3 Å². The minimum absolute atomic E-state index is 0.0431. The largest absolute Gasteiger partial charge is 0.507 e. The van der Waals surface area contributed by atoms with Crippen LogP contribution in [0.3, 0.4) is 0 Å². The van der Waals surface area contributed by atoms with E-state index < -0.39 is 17.7 Å². The van der Waals surface area contributed by atoms with Crippen molar-refractivity contribution in [3.63, 3.8) is 0 Å². The summed E-state index contributed by atoms with van der Waals surface area (Å²) in [5.74, 6) is -0.962. The number of rotatable bonds is 7. The lowest BCUT2D eigenvalue weighted by molar-refractivity contribution is -0.132. The Hall–Kier alpha value is -4.66. The fourth-order valence-electron chi connectivity index (χ4n) is 4.79. The van der Waals surface area contributed by atoms with Crippen molar-refractivity contribution in [3.8, 4) is 11.5 Å². The average molecular weight is 583 g/mol. The number of anilines is 1. The third-order valence-corrected chi connectivity index (χ3v) is 8.03. The molecule has 1 N–H and O–H groups in total. The zero-order valence-corrected chi connectivity index (χ0v) is 23.4. The number of thiazole rings is 1. The van der Waals surface area contributed by atoms with Crippen molar-refractivity contribution in [3.05, 3.63) is 124 Å². The van der Waals surface area contributed by atoms with E-state index in [1.807, 2.05) is 30.3 Å². The molecular weight excluding hydrogens is 560 g/mol. The summed E-state index contributed by atoms with van der Waals surface area (Å²) >= 11 is 7.43. The fraction of sp³-hybridized carbons (Fsp3) is 0.0938. The van der Waals surface area contributed by atoms with Crippen molar-refractivity contribution in [2.24, 2.45) is 0 Å². The molecule has 7 nitrogen and oxygen atoms in total. The number of carbonyl (C=O) groups excluding carboxylic acids is 2. The zero-order chi connectivity index (χ0) is 28.5. The number of Topliss-reactive ketones (excluding diaryl/α,β-unsaturated/α-hetero) is 1. The van der Waals surface area contributed by atoms with Gasteiger partial charge in [-0.3, -0.25) is 14.5 Å². The number of aromatic nitrogens is 1. The maximum absolute atomic E-state index is 13.6. The molecule has 1 fully saturated rings. The monoisotopic (exact) mass is 582 g/mol. The van der Waals surface area contributed by atoms with Crippen LogP contribution in [0, 0.1) is 0 Å². The molecule has 2 heterocycles. The lowest BCUT2D eigenvalue weighted by Gasteiger charge is -2.24. The van der Waals surface area contributed by atoms with E-state index in [0.29, 0.717) is 44.9 Å². The standard InChI is InChI=1S/C32H23ClN2O5S/c1-39-25-16-21(12-15-24(25)40-18-19-8-4-2-5-9-19)28-27(29(36)20-10-6-3-7-11-20)30(37)31(38)35(28)32-34-23-14-13-22(33)17-26(23)41-32/h2-17,28,36H,18H2,1H3/b29-27+. The average Bonchev–Trinajstić information content (AvgIpc) is 3.53. The first-order valence-corrected chi connectivity index (χ1v) is 13.9. The number of methoxy groups -OCH3 is 1. The SMILES string of the molecule is COc1cc(C2/C(=C(\O)c3ccccc3)C(=O)C(=O)N2c2nc3ccc(Cl)cc3s2)ccc1OCc1ccccc1. The number of fused-ring (bicyclic) bond motifs is 1. The second-order valence-corrected chi connectivity index (χ2v) is 10.8. The number of benzene rings is 4. The van der Waals surface area contributed by atoms with Crippen molar-refractivity contribution in [1.29, 1.82) is 0 Å². The quantitative estimate of drug-likeness (QED) is 0.124. The molecule has 0 spiro atoms. The van der Waals surface area contributed by atoms with Gasteiger partial charge >= 0.3 is 5.91 Å². The Morgan fingerprint density at radius 3 is 2.41 bits per heavy atom. The second-order valence-electron chi connectivity index (χ2n) is 9.33. The highest BCUT2D eigenvalue weighted by Crippen LogP contribution is 2.46. The summed E-state index contributed by atoms with van der Waals surface area (Å²) in [7, 11) is 1.52. The van der Waals surface area contributed by atoms with Crippen LogP contribution in [0.1, 0.15) is 22.7 Å². The van der Waals surface area contributed by atoms with Crippen molar-refractivity contribution < 1.29 is 24.2 Å². The highest BCUT2D eigenvalue weighted by Gasteiger charge is 2.48. The summed E-state index contributed by atoms with van der Waals surface area (Å²) in [6.07, 6.45) is 0. The van der Waals surface area contributed by atoms with Gasteiger partial charge in [0, 0.05) is 10.6 Å². The summed E-state index contributed by atoms with van der Waals surface area (Å²) in [5.41, 5.74) is 2.55. The van der Waals surface area contributed by atoms with Crippen molar-refractivity contribution >= 4 is 55.7 Å². The summed E-state index contributed by atoms with van der Waals surface area (Å²) in [6, 6.07) is 27.9. The van der Waals surface area contributed by atoms with Gasteiger partial charge in [0.05, 0.1) is 28.9 Å². The molecule has 1 amide bonds. The molecule has 204 valence electrons. The molecule has 5 aromatic rings. The van der Waals surface area contributed by atoms with E-state index >= 15 is 0 Å². The number of nitrogens with zero attached hydrogens (tertiary/aromatic N) is 2. The molecule has 9 heteroatoms. The first-order valence-electron chi connectivity index (χ1n) is 12.7. The van der Waals surface area contributed by atoms with Gasteiger partial charge in [-0.05, 0) is 41.5 Å². The molecule has 1 saturated heterocycles. The first-order chi connectivity index (χ1) is 19.9. The van der Waals surface area contributed by atoms with Crippen LogP contribution in [0.15, 0.2) is 103 Å². The van der Waals surface area contributed by atoms with Gasteiger partial charge in [0.1, 0.15) is 12.4 Å². The number of halogens is 1. The fourth-order valence-corrected chi connectivity index (χ4v) is 6.06. The van der Waals surface area contributed by atoms with Crippen LogP contribution in [0.4, 0.5) is 5.13 Å². The van der Waals surface area contributed by atoms with Gasteiger partial charge in [-0.15, -0.1) is 0 Å². The minimum atomic E-state index is -0.969. The molecule has 1 atom stereocenters. The van der Waals surface area contributed by atoms with Gasteiger partial charge in [0.15, 0.2) is 16.6 Å². The topological polar surface area (TPSA) is 89.0 Å². The summed E-state index contributed by atoms with van der Waals surface area (Å²) in [5, 5.41) is 12.2. The molecule has 41 heavy (non-hydrogen) atoms. The minimum Gasteiger partial charge on any atom is -0.507 e. The van der Waals surface area contributed by atoms with Gasteiger partial charge in [-0.25, -0.2) is 4.98 Å². The Kier molecular flexibility index (Phi) is 7.17. The number of ether oxygens (including phenoxy) is 2. The van der Waals surface area contributed by atoms with Crippen molar-refractivity contribution in [2.45, 2.75) is 12.6 Å². The van der Waals surface area contributed by atoms with Crippen LogP contribution in [0.2, 0.25) is 5.02 Å². The van der Waals surface area contributed by atoms with E-state index in [2.05, 4.69) is 4.98 Å². The smallest absolute Gasteiger partial charge is 0.301 e. The highest BCUT2D eigenvalue weighted by molar-refractivity contribution is 7.22. The Morgan fingerprint density at radius 2 is 1.68 bits per heavy atom. The molecule has 0 aliphatic carbocycles. The molecule has 0 saturated carbocycles. The van der Waals surface area contributed by atoms with Crippen LogP contribution in [-0.4, -0.2) is 28.9 Å². The van der Waals surface area contributed by atoms with Crippen LogP contribution < -0.4 is 14.4 Å². The van der Waals surface area contributed by atoms with E-state index in [9.17, 15) is 14.7 Å². The normalized spacial score (nSPS) is 16.3. The number of amides is 1. The number of aliphatic hydroxyl groups is 1. The number of ketones is 1. The molecule has 1 aliphatic heterocycles. The van der Waals surface area contributed by atoms with Crippen molar-refractivity contribution in [1.82, 2.24) is 4.98 Å². The van der Waals surface area contributed by atoms with E-state index in [-0.39, 0.29) is 11.3 Å². The molecule has 0 radical (unpaired) electrons. The number of carbonyl (C=O) groups is 2. The molecular formula is C32H23ClN2O5S. The molecule has 1 aromatic heterocycles. The van der Waals surface area contributed by atoms with Crippen molar-refractivity contribution in [2.75, 3.05) is 12.0 Å². The van der Waals surface area contributed by atoms with E-state index in [1.165, 1.54) is 23.3 Å². The van der Waals surface area contributed by atoms with Gasteiger partial charge in [-0.1, -0.05) is 89.7 Å². The van der Waals surface area contributed by atoms with Gasteiger partial charge in [0.2, 0.25) is 0 Å². The zero-order valence-electron chi connectivity index (χ0n) is 21.8. The van der Waals surface area contributed by atoms with Gasteiger partial charge in [0.25, 0.3) is 5.78 Å². The van der Waals surface area contributed by atoms with Crippen LogP contribution >= 0.6 is 22.9 Å². The number of aliphatic hydroxyl groups excluding tert-OH is 1. The third-order valence-electron chi connectivity index (χ3n) is 6.78. The lowest BCUT2D eigenvalue weighted by atomic mass is 9.95. The number of hydrogen-bond acceptors (Lipinski definition) is 7. The molecule has 1 aliphatic rings. The maximum atomic E-state index is 13.6. The van der Waals surface area contributed by atoms with Crippen LogP contribution in [0.5, 0.6) is 11.5 Å². The molecule has 1 unspecified atom stereocenters. The molecule has 4 aromatic carbocycles. The maximum Gasteiger partial charge on any atom is 0.301 e. The molecule has 0 bridgehead atoms. The summed E-state index contributed by atoms with van der Waals surface area (Å²) in [6.45, 7) is 0.331. The Balaban J connectivity index is 1.47. The van der Waals surface area contributed by atoms with E-state index in [4.69, 9.17) is 21.1 Å².